The van der Waals surface area contributed by atoms with Crippen LogP contribution < -0.4 is 0 Å². The van der Waals surface area contributed by atoms with Crippen LogP contribution in [0.1, 0.15) is 111 Å². The summed E-state index contributed by atoms with van der Waals surface area (Å²) in [6.07, 6.45) is 2.08. The Labute approximate surface area is 332 Å². The van der Waals surface area contributed by atoms with Crippen LogP contribution in [0.4, 0.5) is 0 Å². The Morgan fingerprint density at radius 3 is 1.14 bits per heavy atom. The summed E-state index contributed by atoms with van der Waals surface area (Å²) >= 11 is 0. The summed E-state index contributed by atoms with van der Waals surface area (Å²) in [6, 6.07) is 40.4. The minimum atomic E-state index is -0.0293. The number of rotatable bonds is 3. The van der Waals surface area contributed by atoms with Crippen molar-refractivity contribution in [3.05, 3.63) is 137 Å². The summed E-state index contributed by atoms with van der Waals surface area (Å²) in [5.74, 6) is 0.858. The van der Waals surface area contributed by atoms with E-state index < -0.39 is 0 Å². The van der Waals surface area contributed by atoms with Crippen molar-refractivity contribution in [2.75, 3.05) is 0 Å². The fourth-order valence-corrected chi connectivity index (χ4v) is 8.10. The van der Waals surface area contributed by atoms with Crippen LogP contribution in [-0.4, -0.2) is 14.1 Å². The highest BCUT2D eigenvalue weighted by atomic mass is 15.1. The van der Waals surface area contributed by atoms with E-state index in [4.69, 9.17) is 4.98 Å². The number of hydrogen-bond acceptors (Lipinski definition) is 2. The molecule has 3 aromatic heterocycles. The molecule has 4 nitrogen and oxygen atoms in total. The van der Waals surface area contributed by atoms with Gasteiger partial charge in [0.25, 0.3) is 0 Å². The molecule has 0 aliphatic heterocycles. The average Bonchev–Trinajstić information content (AvgIpc) is 3.64. The lowest BCUT2D eigenvalue weighted by Crippen LogP contribution is -2.12. The molecular formula is C52H54N4. The lowest BCUT2D eigenvalue weighted by atomic mass is 9.86. The van der Waals surface area contributed by atoms with E-state index in [2.05, 4.69) is 195 Å². The summed E-state index contributed by atoms with van der Waals surface area (Å²) in [5.41, 5.74) is 13.3. The second-order valence-corrected chi connectivity index (χ2v) is 19.8. The fourth-order valence-electron chi connectivity index (χ4n) is 8.10. The van der Waals surface area contributed by atoms with E-state index in [1.165, 1.54) is 43.8 Å². The second-order valence-electron chi connectivity index (χ2n) is 19.8. The molecule has 0 N–H and O–H groups in total. The number of hydrogen-bond donors (Lipinski definition) is 0. The molecule has 0 atom stereocenters. The summed E-state index contributed by atoms with van der Waals surface area (Å²) in [4.78, 5) is 5.43. The first-order valence-electron chi connectivity index (χ1n) is 19.9. The maximum Gasteiger partial charge on any atom is 0.138 e. The van der Waals surface area contributed by atoms with Crippen LogP contribution in [-0.2, 0) is 21.7 Å². The highest BCUT2D eigenvalue weighted by Crippen LogP contribution is 2.42. The molecule has 8 aromatic rings. The third-order valence-electron chi connectivity index (χ3n) is 11.7. The predicted octanol–water partition coefficient (Wildman–Crippen LogP) is 14.0. The minimum absolute atomic E-state index is 0.0225. The first-order chi connectivity index (χ1) is 26.2. The molecule has 0 bridgehead atoms. The van der Waals surface area contributed by atoms with Crippen molar-refractivity contribution < 1.29 is 0 Å². The minimum Gasteiger partial charge on any atom is -0.307 e. The first kappa shape index (κ1) is 37.3. The quantitative estimate of drug-likeness (QED) is 0.181. The van der Waals surface area contributed by atoms with Gasteiger partial charge >= 0.3 is 0 Å². The van der Waals surface area contributed by atoms with Crippen LogP contribution in [0.5, 0.6) is 0 Å². The largest absolute Gasteiger partial charge is 0.307 e. The predicted molar refractivity (Wildman–Crippen MR) is 238 cm³/mol. The molecule has 0 unspecified atom stereocenters. The highest BCUT2D eigenvalue weighted by Gasteiger charge is 2.25. The molecule has 0 saturated heterocycles. The number of pyridine rings is 1. The van der Waals surface area contributed by atoms with Crippen LogP contribution in [0, 0.1) is 11.3 Å². The van der Waals surface area contributed by atoms with Crippen LogP contribution in [0.25, 0.3) is 66.2 Å². The number of nitriles is 1. The van der Waals surface area contributed by atoms with Gasteiger partial charge in [-0.15, -0.1) is 0 Å². The molecule has 0 aliphatic rings. The lowest BCUT2D eigenvalue weighted by molar-refractivity contribution is 0.590. The normalized spacial score (nSPS) is 13.0. The zero-order chi connectivity index (χ0) is 40.1. The summed E-state index contributed by atoms with van der Waals surface area (Å²) in [5, 5.41) is 14.6. The molecule has 0 aliphatic carbocycles. The number of nitrogens with zero attached hydrogens (tertiary/aromatic N) is 4. The third kappa shape index (κ3) is 6.28. The summed E-state index contributed by atoms with van der Waals surface area (Å²) in [6.45, 7) is 27.3. The fraction of sp³-hybridized carbons (Fsp3) is 0.308. The molecular weight excluding hydrogens is 681 g/mol. The molecule has 0 radical (unpaired) electrons. The molecule has 0 fully saturated rings. The topological polar surface area (TPSA) is 46.5 Å². The Morgan fingerprint density at radius 1 is 0.446 bits per heavy atom. The molecule has 5 aromatic carbocycles. The molecule has 0 saturated carbocycles. The Balaban J connectivity index is 1.51. The lowest BCUT2D eigenvalue weighted by Gasteiger charge is -2.22. The van der Waals surface area contributed by atoms with E-state index in [9.17, 15) is 5.26 Å². The Morgan fingerprint density at radius 2 is 0.804 bits per heavy atom. The van der Waals surface area contributed by atoms with Gasteiger partial charge in [0, 0.05) is 27.1 Å². The maximum atomic E-state index is 9.79. The molecule has 0 spiro atoms. The number of fused-ring (bicyclic) bond motifs is 6. The number of benzene rings is 5. The van der Waals surface area contributed by atoms with Crippen LogP contribution in [0.2, 0.25) is 0 Å². The van der Waals surface area contributed by atoms with Crippen molar-refractivity contribution in [2.24, 2.45) is 0 Å². The zero-order valence-electron chi connectivity index (χ0n) is 35.2. The monoisotopic (exact) mass is 734 g/mol. The average molecular weight is 735 g/mol. The zero-order valence-corrected chi connectivity index (χ0v) is 35.2. The van der Waals surface area contributed by atoms with Crippen molar-refractivity contribution >= 4 is 43.6 Å². The van der Waals surface area contributed by atoms with Gasteiger partial charge in [-0.3, -0.25) is 4.57 Å². The Kier molecular flexibility index (Phi) is 8.44. The van der Waals surface area contributed by atoms with Gasteiger partial charge in [-0.2, -0.15) is 5.26 Å². The van der Waals surface area contributed by atoms with Crippen molar-refractivity contribution in [3.8, 4) is 28.7 Å². The van der Waals surface area contributed by atoms with Gasteiger partial charge < -0.3 is 4.57 Å². The van der Waals surface area contributed by atoms with E-state index in [1.54, 1.807) is 0 Å². The second kappa shape index (κ2) is 12.7. The van der Waals surface area contributed by atoms with Crippen LogP contribution >= 0.6 is 0 Å². The van der Waals surface area contributed by atoms with E-state index in [0.717, 1.165) is 44.7 Å². The van der Waals surface area contributed by atoms with Crippen molar-refractivity contribution in [1.82, 2.24) is 14.1 Å². The van der Waals surface area contributed by atoms with Crippen molar-refractivity contribution in [1.29, 1.82) is 5.26 Å². The molecule has 8 rings (SSSR count). The Hall–Kier alpha value is -5.66. The highest BCUT2D eigenvalue weighted by molar-refractivity contribution is 6.11. The van der Waals surface area contributed by atoms with Crippen molar-refractivity contribution in [3.63, 3.8) is 0 Å². The SMILES string of the molecule is CC(C)(C)c1ccc2c3ccc(C(C)(C)C)cc3n(-c3cc(-c4ccc(C#N)cc4)c(-n4c5cc(C(C)(C)C)ccc5c5ccc(C(C)(C)C)cc54)cn3)c2c1. The van der Waals surface area contributed by atoms with Gasteiger partial charge in [0.2, 0.25) is 0 Å². The smallest absolute Gasteiger partial charge is 0.138 e. The van der Waals surface area contributed by atoms with Crippen LogP contribution in [0.15, 0.2) is 109 Å². The van der Waals surface area contributed by atoms with Gasteiger partial charge in [0.05, 0.1) is 45.6 Å². The molecule has 282 valence electrons. The van der Waals surface area contributed by atoms with Crippen molar-refractivity contribution in [2.45, 2.75) is 105 Å². The standard InChI is InChI=1S/C52H54N4/c1-49(2,3)34-17-21-38-39-22-18-35(50(4,5)6)26-44(39)55(43(38)25-34)47-31-54-48(29-42(47)33-15-13-32(30-53)14-16-33)56-45-27-36(51(7,8)9)19-23-40(45)41-24-20-37(28-46(41)56)52(10,11)12/h13-29,31H,1-12H3. The van der Waals surface area contributed by atoms with E-state index in [0.29, 0.717) is 5.56 Å². The summed E-state index contributed by atoms with van der Waals surface area (Å²) < 4.78 is 4.80. The van der Waals surface area contributed by atoms with Gasteiger partial charge in [-0.1, -0.05) is 144 Å². The van der Waals surface area contributed by atoms with Gasteiger partial charge in [0.1, 0.15) is 5.82 Å². The molecule has 0 amide bonds. The molecule has 3 heterocycles. The molecule has 56 heavy (non-hydrogen) atoms. The number of aromatic nitrogens is 3. The first-order valence-corrected chi connectivity index (χ1v) is 19.9. The van der Waals surface area contributed by atoms with E-state index >= 15 is 0 Å². The Bertz CT molecular complexity index is 2740. The molecule has 4 heteroatoms. The maximum absolute atomic E-state index is 9.79. The van der Waals surface area contributed by atoms with Crippen LogP contribution in [0.3, 0.4) is 0 Å². The summed E-state index contributed by atoms with van der Waals surface area (Å²) in [7, 11) is 0. The van der Waals surface area contributed by atoms with E-state index in [1.807, 2.05) is 12.1 Å². The van der Waals surface area contributed by atoms with Gasteiger partial charge in [0.15, 0.2) is 0 Å². The van der Waals surface area contributed by atoms with Gasteiger partial charge in [-0.05, 0) is 91.9 Å². The third-order valence-corrected chi connectivity index (χ3v) is 11.7. The van der Waals surface area contributed by atoms with Gasteiger partial charge in [-0.25, -0.2) is 4.98 Å². The van der Waals surface area contributed by atoms with E-state index in [-0.39, 0.29) is 21.7 Å².